The number of hydrogen-bond donors (Lipinski definition) is 1. The maximum atomic E-state index is 15.9. The summed E-state index contributed by atoms with van der Waals surface area (Å²) in [5.41, 5.74) is 0.656. The number of aryl methyl sites for hydroxylation is 1. The first-order chi connectivity index (χ1) is 16.5. The minimum Gasteiger partial charge on any atom is -0.391 e. The molecule has 7 heteroatoms. The molecule has 34 heavy (non-hydrogen) atoms. The third-order valence-electron chi connectivity index (χ3n) is 5.87. The predicted molar refractivity (Wildman–Crippen MR) is 132 cm³/mol. The number of aromatic nitrogens is 3. The van der Waals surface area contributed by atoms with Gasteiger partial charge in [0.2, 0.25) is 0 Å². The van der Waals surface area contributed by atoms with Crippen molar-refractivity contribution in [1.82, 2.24) is 15.0 Å². The summed E-state index contributed by atoms with van der Waals surface area (Å²) in [7, 11) is 0. The van der Waals surface area contributed by atoms with Crippen LogP contribution in [0.25, 0.3) is 32.9 Å². The normalized spacial score (nSPS) is 15.7. The van der Waals surface area contributed by atoms with Gasteiger partial charge in [0.25, 0.3) is 0 Å². The number of aliphatic hydroxyl groups excluding tert-OH is 1. The molecule has 2 aromatic carbocycles. The molecule has 0 saturated carbocycles. The summed E-state index contributed by atoms with van der Waals surface area (Å²) in [6, 6.07) is 8.15. The van der Waals surface area contributed by atoms with Gasteiger partial charge in [-0.3, -0.25) is 4.98 Å². The van der Waals surface area contributed by atoms with Gasteiger partial charge in [-0.25, -0.2) is 18.7 Å². The highest BCUT2D eigenvalue weighted by molar-refractivity contribution is 6.02. The van der Waals surface area contributed by atoms with E-state index < -0.39 is 17.7 Å². The molecule has 2 aromatic heterocycles. The quantitative estimate of drug-likeness (QED) is 0.406. The zero-order chi connectivity index (χ0) is 24.4. The van der Waals surface area contributed by atoms with Gasteiger partial charge in [-0.05, 0) is 31.2 Å². The average molecular weight is 461 g/mol. The van der Waals surface area contributed by atoms with Gasteiger partial charge in [0.15, 0.2) is 5.82 Å². The van der Waals surface area contributed by atoms with Crippen molar-refractivity contribution >= 4 is 27.5 Å². The number of benzene rings is 2. The molecule has 0 spiro atoms. The number of fused-ring (bicyclic) bond motifs is 2. The number of β-amino-alcohol motifs (C(OH)–C–C–N with tert-alkyl or cyclic N) is 1. The Balaban J connectivity index is 0.00000133. The first-order valence-corrected chi connectivity index (χ1v) is 11.4. The maximum Gasteiger partial charge on any atom is 0.175 e. The Hall–Kier alpha value is -3.63. The zero-order valence-corrected chi connectivity index (χ0v) is 19.4. The molecule has 5 rings (SSSR count). The van der Waals surface area contributed by atoms with Crippen molar-refractivity contribution in [2.45, 2.75) is 39.7 Å². The number of piperidine rings is 1. The monoisotopic (exact) mass is 460 g/mol. The molecule has 1 aliphatic rings. The van der Waals surface area contributed by atoms with Gasteiger partial charge in [-0.2, -0.15) is 0 Å². The fourth-order valence-electron chi connectivity index (χ4n) is 4.42. The summed E-state index contributed by atoms with van der Waals surface area (Å²) >= 11 is 0. The van der Waals surface area contributed by atoms with E-state index in [9.17, 15) is 9.50 Å². The van der Waals surface area contributed by atoms with Gasteiger partial charge in [-0.15, -0.1) is 6.42 Å². The van der Waals surface area contributed by atoms with Crippen molar-refractivity contribution in [3.63, 3.8) is 0 Å². The summed E-state index contributed by atoms with van der Waals surface area (Å²) in [5, 5.41) is 11.7. The van der Waals surface area contributed by atoms with E-state index in [1.165, 1.54) is 12.3 Å². The Kier molecular flexibility index (Phi) is 6.71. The summed E-state index contributed by atoms with van der Waals surface area (Å²) < 4.78 is 30.3. The molecule has 1 atom stereocenters. The van der Waals surface area contributed by atoms with Crippen molar-refractivity contribution in [3.8, 4) is 23.6 Å². The number of pyridine rings is 1. The molecule has 0 amide bonds. The van der Waals surface area contributed by atoms with Gasteiger partial charge in [0.1, 0.15) is 28.7 Å². The molecule has 1 unspecified atom stereocenters. The Morgan fingerprint density at radius 1 is 1.15 bits per heavy atom. The largest absolute Gasteiger partial charge is 0.391 e. The Labute approximate surface area is 197 Å². The number of hydrogen-bond acceptors (Lipinski definition) is 5. The number of halogens is 2. The summed E-state index contributed by atoms with van der Waals surface area (Å²) in [6.07, 6.45) is 8.20. The van der Waals surface area contributed by atoms with Crippen LogP contribution in [0.4, 0.5) is 14.6 Å². The molecule has 1 saturated heterocycles. The standard InChI is InChI=1S/C25H20F2N4O.C2H6/c1-3-17-20(26)10-9-15-6-4-8-18(21(15)17)23-22(27)24-19(12-28-23)25(30-14(2)29-24)31-11-5-7-16(32)13-31;1-2/h1,4,6,8-10,12,16,32H,5,7,11,13H2,2H3;1-2H3. The van der Waals surface area contributed by atoms with Crippen LogP contribution in [0.2, 0.25) is 0 Å². The average Bonchev–Trinajstić information content (AvgIpc) is 2.85. The molecule has 0 aliphatic carbocycles. The molecular formula is C27H26F2N4O. The van der Waals surface area contributed by atoms with Gasteiger partial charge in [0.05, 0.1) is 17.1 Å². The lowest BCUT2D eigenvalue weighted by atomic mass is 9.96. The predicted octanol–water partition coefficient (Wildman–Crippen LogP) is 5.40. The van der Waals surface area contributed by atoms with E-state index in [0.29, 0.717) is 46.5 Å². The van der Waals surface area contributed by atoms with Crippen LogP contribution in [0.5, 0.6) is 0 Å². The molecule has 0 radical (unpaired) electrons. The fraction of sp³-hybridized carbons (Fsp3) is 0.296. The van der Waals surface area contributed by atoms with Crippen LogP contribution < -0.4 is 4.90 Å². The van der Waals surface area contributed by atoms with E-state index >= 15 is 4.39 Å². The Bertz CT molecular complexity index is 1410. The minimum atomic E-state index is -0.619. The van der Waals surface area contributed by atoms with Crippen LogP contribution in [-0.4, -0.2) is 39.3 Å². The maximum absolute atomic E-state index is 15.9. The molecule has 1 aliphatic heterocycles. The van der Waals surface area contributed by atoms with Crippen molar-refractivity contribution in [2.24, 2.45) is 0 Å². The van der Waals surface area contributed by atoms with Gasteiger partial charge in [-0.1, -0.05) is 44.0 Å². The number of terminal acetylenes is 1. The van der Waals surface area contributed by atoms with Crippen LogP contribution in [-0.2, 0) is 0 Å². The van der Waals surface area contributed by atoms with E-state index in [0.717, 1.165) is 12.8 Å². The number of aliphatic hydroxyl groups is 1. The summed E-state index contributed by atoms with van der Waals surface area (Å²) in [6.45, 7) is 6.83. The van der Waals surface area contributed by atoms with Gasteiger partial charge >= 0.3 is 0 Å². The van der Waals surface area contributed by atoms with Crippen molar-refractivity contribution in [1.29, 1.82) is 0 Å². The highest BCUT2D eigenvalue weighted by Gasteiger charge is 2.24. The van der Waals surface area contributed by atoms with Crippen molar-refractivity contribution < 1.29 is 13.9 Å². The Morgan fingerprint density at radius 2 is 1.94 bits per heavy atom. The molecule has 1 fully saturated rings. The second-order valence-corrected chi connectivity index (χ2v) is 7.99. The lowest BCUT2D eigenvalue weighted by Gasteiger charge is -2.31. The lowest BCUT2D eigenvalue weighted by Crippen LogP contribution is -2.39. The van der Waals surface area contributed by atoms with Gasteiger partial charge < -0.3 is 10.0 Å². The molecule has 1 N–H and O–H groups in total. The number of rotatable bonds is 2. The molecule has 174 valence electrons. The van der Waals surface area contributed by atoms with Crippen LogP contribution in [0.15, 0.2) is 36.5 Å². The van der Waals surface area contributed by atoms with E-state index in [1.54, 1.807) is 31.2 Å². The smallest absolute Gasteiger partial charge is 0.175 e. The highest BCUT2D eigenvalue weighted by Crippen LogP contribution is 2.36. The van der Waals surface area contributed by atoms with Gasteiger partial charge in [0, 0.05) is 30.2 Å². The van der Waals surface area contributed by atoms with Crippen LogP contribution >= 0.6 is 0 Å². The number of anilines is 1. The topological polar surface area (TPSA) is 62.1 Å². The molecular weight excluding hydrogens is 434 g/mol. The van der Waals surface area contributed by atoms with E-state index in [1.807, 2.05) is 18.7 Å². The van der Waals surface area contributed by atoms with Crippen LogP contribution in [0, 0.1) is 30.9 Å². The van der Waals surface area contributed by atoms with E-state index in [-0.39, 0.29) is 16.8 Å². The third kappa shape index (κ3) is 4.06. The second kappa shape index (κ2) is 9.70. The van der Waals surface area contributed by atoms with Crippen LogP contribution in [0.1, 0.15) is 38.1 Å². The first-order valence-electron chi connectivity index (χ1n) is 11.4. The zero-order valence-electron chi connectivity index (χ0n) is 19.4. The fourth-order valence-corrected chi connectivity index (χ4v) is 4.42. The summed E-state index contributed by atoms with van der Waals surface area (Å²) in [4.78, 5) is 15.2. The molecule has 5 nitrogen and oxygen atoms in total. The third-order valence-corrected chi connectivity index (χ3v) is 5.87. The summed E-state index contributed by atoms with van der Waals surface area (Å²) in [5.74, 6) is 2.19. The van der Waals surface area contributed by atoms with E-state index in [2.05, 4.69) is 20.9 Å². The molecule has 0 bridgehead atoms. The van der Waals surface area contributed by atoms with Crippen LogP contribution in [0.3, 0.4) is 0 Å². The SMILES string of the molecule is C#Cc1c(F)ccc2cccc(-c3ncc4c(N5CCCC(O)C5)nc(C)nc4c3F)c12.CC. The van der Waals surface area contributed by atoms with E-state index in [4.69, 9.17) is 6.42 Å². The van der Waals surface area contributed by atoms with Crippen molar-refractivity contribution in [2.75, 3.05) is 18.0 Å². The first kappa shape index (κ1) is 23.5. The highest BCUT2D eigenvalue weighted by atomic mass is 19.1. The molecule has 4 aromatic rings. The lowest BCUT2D eigenvalue weighted by molar-refractivity contribution is 0.154. The Morgan fingerprint density at radius 3 is 2.68 bits per heavy atom. The number of nitrogens with zero attached hydrogens (tertiary/aromatic N) is 4. The minimum absolute atomic E-state index is 0.0490. The molecule has 3 heterocycles. The van der Waals surface area contributed by atoms with Crippen molar-refractivity contribution in [3.05, 3.63) is 59.6 Å². The second-order valence-electron chi connectivity index (χ2n) is 7.99.